The third-order valence-electron chi connectivity index (χ3n) is 5.37. The summed E-state index contributed by atoms with van der Waals surface area (Å²) >= 11 is 0. The van der Waals surface area contributed by atoms with Gasteiger partial charge in [-0.25, -0.2) is 13.2 Å². The Labute approximate surface area is 191 Å². The van der Waals surface area contributed by atoms with Crippen molar-refractivity contribution in [1.29, 1.82) is 0 Å². The van der Waals surface area contributed by atoms with Crippen molar-refractivity contribution in [3.05, 3.63) is 102 Å². The number of benzene rings is 4. The van der Waals surface area contributed by atoms with Crippen LogP contribution in [0.4, 0.5) is 26.3 Å². The van der Waals surface area contributed by atoms with Crippen LogP contribution in [0.3, 0.4) is 0 Å². The molecular formula is C27H18F6O. The van der Waals surface area contributed by atoms with Gasteiger partial charge in [-0.05, 0) is 70.1 Å². The number of fused-ring (bicyclic) bond motifs is 1. The molecule has 4 aromatic carbocycles. The molecule has 0 aliphatic rings. The first-order chi connectivity index (χ1) is 16.1. The van der Waals surface area contributed by atoms with E-state index >= 15 is 0 Å². The maximum absolute atomic E-state index is 14.9. The number of hydrogen-bond donors (Lipinski definition) is 0. The van der Waals surface area contributed by atoms with Gasteiger partial charge in [0, 0.05) is 5.56 Å². The molecule has 0 spiro atoms. The van der Waals surface area contributed by atoms with Crippen molar-refractivity contribution in [2.45, 2.75) is 19.2 Å². The largest absolute Gasteiger partial charge is 0.573 e. The van der Waals surface area contributed by atoms with Crippen LogP contribution in [0.25, 0.3) is 33.0 Å². The van der Waals surface area contributed by atoms with Crippen molar-refractivity contribution in [3.8, 4) is 28.0 Å². The average molecular weight is 472 g/mol. The van der Waals surface area contributed by atoms with Crippen LogP contribution in [0.15, 0.2) is 79.4 Å². The number of hydrogen-bond acceptors (Lipinski definition) is 1. The normalized spacial score (nSPS) is 11.6. The van der Waals surface area contributed by atoms with Gasteiger partial charge in [-0.1, -0.05) is 48.5 Å². The van der Waals surface area contributed by atoms with Gasteiger partial charge in [0.25, 0.3) is 0 Å². The second-order valence-electron chi connectivity index (χ2n) is 7.74. The Bertz CT molecular complexity index is 1350. The summed E-state index contributed by atoms with van der Waals surface area (Å²) in [6.07, 6.45) is -1.64. The van der Waals surface area contributed by atoms with E-state index in [2.05, 4.69) is 17.4 Å². The first-order valence-electron chi connectivity index (χ1n) is 10.3. The van der Waals surface area contributed by atoms with Gasteiger partial charge in [0.15, 0.2) is 11.6 Å². The van der Waals surface area contributed by atoms with Crippen molar-refractivity contribution in [2.75, 3.05) is 0 Å². The van der Waals surface area contributed by atoms with E-state index in [0.29, 0.717) is 17.7 Å². The standard InChI is InChI=1S/C27H18F6O/c1-2-3-4-16-5-6-18-12-19(8-7-17(18)11-16)20-9-10-22(23(28)13-20)21-14-24(29)26(25(30)15-21)34-27(31,32)33/h2,5-15H,1,3-4H2. The lowest BCUT2D eigenvalue weighted by Gasteiger charge is -2.13. The van der Waals surface area contributed by atoms with Crippen molar-refractivity contribution in [1.82, 2.24) is 0 Å². The monoisotopic (exact) mass is 472 g/mol. The van der Waals surface area contributed by atoms with Crippen molar-refractivity contribution in [2.24, 2.45) is 0 Å². The van der Waals surface area contributed by atoms with Crippen LogP contribution < -0.4 is 4.74 Å². The fraction of sp³-hybridized carbons (Fsp3) is 0.111. The van der Waals surface area contributed by atoms with Crippen molar-refractivity contribution >= 4 is 10.8 Å². The number of aryl methyl sites for hydroxylation is 1. The van der Waals surface area contributed by atoms with Gasteiger partial charge in [-0.15, -0.1) is 19.8 Å². The molecule has 1 nitrogen and oxygen atoms in total. The van der Waals surface area contributed by atoms with Crippen LogP contribution in [-0.4, -0.2) is 6.36 Å². The topological polar surface area (TPSA) is 9.23 Å². The molecule has 4 aromatic rings. The molecule has 0 fully saturated rings. The Morgan fingerprint density at radius 3 is 1.94 bits per heavy atom. The van der Waals surface area contributed by atoms with E-state index in [4.69, 9.17) is 0 Å². The lowest BCUT2D eigenvalue weighted by Crippen LogP contribution is -2.19. The van der Waals surface area contributed by atoms with Gasteiger partial charge < -0.3 is 4.74 Å². The van der Waals surface area contributed by atoms with Gasteiger partial charge in [-0.3, -0.25) is 0 Å². The van der Waals surface area contributed by atoms with E-state index in [9.17, 15) is 26.3 Å². The van der Waals surface area contributed by atoms with Crippen LogP contribution in [0.1, 0.15) is 12.0 Å². The Hall–Kier alpha value is -3.74. The summed E-state index contributed by atoms with van der Waals surface area (Å²) < 4.78 is 83.4. The summed E-state index contributed by atoms with van der Waals surface area (Å²) in [6, 6.07) is 17.1. The van der Waals surface area contributed by atoms with Gasteiger partial charge in [0.05, 0.1) is 0 Å². The molecule has 0 saturated heterocycles. The number of allylic oxidation sites excluding steroid dienone is 1. The molecule has 0 heterocycles. The van der Waals surface area contributed by atoms with E-state index < -0.39 is 29.6 Å². The lowest BCUT2D eigenvalue weighted by molar-refractivity contribution is -0.276. The molecule has 0 aliphatic heterocycles. The summed E-state index contributed by atoms with van der Waals surface area (Å²) in [6.45, 7) is 3.73. The summed E-state index contributed by atoms with van der Waals surface area (Å²) in [4.78, 5) is 0. The first kappa shape index (κ1) is 23.4. The average Bonchev–Trinajstić information content (AvgIpc) is 2.78. The molecular weight excluding hydrogens is 454 g/mol. The molecule has 0 N–H and O–H groups in total. The predicted octanol–water partition coefficient (Wildman–Crippen LogP) is 8.61. The summed E-state index contributed by atoms with van der Waals surface area (Å²) in [5.41, 5.74) is 2.05. The van der Waals surface area contributed by atoms with Crippen LogP contribution in [0, 0.1) is 17.5 Å². The van der Waals surface area contributed by atoms with Gasteiger partial charge in [0.1, 0.15) is 5.82 Å². The Morgan fingerprint density at radius 1 is 0.706 bits per heavy atom. The zero-order valence-corrected chi connectivity index (χ0v) is 17.7. The Morgan fingerprint density at radius 2 is 1.29 bits per heavy atom. The maximum Gasteiger partial charge on any atom is 0.573 e. The zero-order chi connectivity index (χ0) is 24.5. The van der Waals surface area contributed by atoms with Gasteiger partial charge in [0.2, 0.25) is 5.75 Å². The Balaban J connectivity index is 1.64. The van der Waals surface area contributed by atoms with E-state index in [0.717, 1.165) is 29.2 Å². The van der Waals surface area contributed by atoms with Crippen LogP contribution in [0.5, 0.6) is 5.75 Å². The van der Waals surface area contributed by atoms with E-state index in [1.807, 2.05) is 36.4 Å². The van der Waals surface area contributed by atoms with Crippen LogP contribution >= 0.6 is 0 Å². The number of halogens is 6. The fourth-order valence-electron chi connectivity index (χ4n) is 3.76. The minimum absolute atomic E-state index is 0.159. The van der Waals surface area contributed by atoms with Crippen LogP contribution in [0.2, 0.25) is 0 Å². The molecule has 0 aromatic heterocycles. The molecule has 0 saturated carbocycles. The second kappa shape index (κ2) is 9.25. The summed E-state index contributed by atoms with van der Waals surface area (Å²) in [5.74, 6) is -5.53. The molecule has 0 unspecified atom stereocenters. The van der Waals surface area contributed by atoms with Crippen LogP contribution in [-0.2, 0) is 6.42 Å². The molecule has 34 heavy (non-hydrogen) atoms. The summed E-state index contributed by atoms with van der Waals surface area (Å²) in [5, 5.41) is 2.00. The van der Waals surface area contributed by atoms with Crippen molar-refractivity contribution in [3.63, 3.8) is 0 Å². The third kappa shape index (κ3) is 5.09. The zero-order valence-electron chi connectivity index (χ0n) is 17.7. The first-order valence-corrected chi connectivity index (χ1v) is 10.3. The smallest absolute Gasteiger partial charge is 0.399 e. The lowest BCUT2D eigenvalue weighted by atomic mass is 9.96. The minimum atomic E-state index is -5.26. The molecule has 4 rings (SSSR count). The van der Waals surface area contributed by atoms with Crippen molar-refractivity contribution < 1.29 is 31.1 Å². The number of ether oxygens (including phenoxy) is 1. The van der Waals surface area contributed by atoms with E-state index in [1.54, 1.807) is 6.07 Å². The second-order valence-corrected chi connectivity index (χ2v) is 7.74. The van der Waals surface area contributed by atoms with E-state index in [-0.39, 0.29) is 11.1 Å². The number of rotatable bonds is 6. The molecule has 0 aliphatic carbocycles. The third-order valence-corrected chi connectivity index (χ3v) is 5.37. The highest BCUT2D eigenvalue weighted by molar-refractivity contribution is 5.88. The van der Waals surface area contributed by atoms with Gasteiger partial charge >= 0.3 is 6.36 Å². The summed E-state index contributed by atoms with van der Waals surface area (Å²) in [7, 11) is 0. The quantitative estimate of drug-likeness (QED) is 0.202. The molecule has 0 amide bonds. The fourth-order valence-corrected chi connectivity index (χ4v) is 3.76. The predicted molar refractivity (Wildman–Crippen MR) is 120 cm³/mol. The molecule has 7 heteroatoms. The van der Waals surface area contributed by atoms with E-state index in [1.165, 1.54) is 17.7 Å². The minimum Gasteiger partial charge on any atom is -0.399 e. The Kier molecular flexibility index (Phi) is 6.37. The molecule has 174 valence electrons. The van der Waals surface area contributed by atoms with Gasteiger partial charge in [-0.2, -0.15) is 0 Å². The highest BCUT2D eigenvalue weighted by Crippen LogP contribution is 2.35. The highest BCUT2D eigenvalue weighted by atomic mass is 19.4. The SMILES string of the molecule is C=CCCc1ccc2cc(-c3ccc(-c4cc(F)c(OC(F)(F)F)c(F)c4)c(F)c3)ccc2c1. The maximum atomic E-state index is 14.9. The molecule has 0 bridgehead atoms. The number of alkyl halides is 3. The molecule has 0 radical (unpaired) electrons. The highest BCUT2D eigenvalue weighted by Gasteiger charge is 2.34. The molecule has 0 atom stereocenters.